The third-order valence-electron chi connectivity index (χ3n) is 7.83. The van der Waals surface area contributed by atoms with Crippen LogP contribution in [0.2, 0.25) is 43.8 Å². The minimum absolute atomic E-state index is 0.0220. The van der Waals surface area contributed by atoms with Crippen LogP contribution in [-0.4, -0.2) is 50.2 Å². The summed E-state index contributed by atoms with van der Waals surface area (Å²) >= 11 is 0. The number of hydrogen-bond donors (Lipinski definition) is 1. The molecule has 0 spiro atoms. The maximum atomic E-state index is 13.2. The molecule has 0 bridgehead atoms. The summed E-state index contributed by atoms with van der Waals surface area (Å²) < 4.78 is 45.3. The van der Waals surface area contributed by atoms with Crippen LogP contribution in [0, 0.1) is 11.5 Å². The molecule has 0 unspecified atom stereocenters. The van der Waals surface area contributed by atoms with E-state index in [2.05, 4.69) is 62.1 Å². The molecule has 3 aromatic rings. The molecule has 1 fully saturated rings. The number of nitrogens with one attached hydrogen (secondary N) is 1. The van der Waals surface area contributed by atoms with E-state index in [0.29, 0.717) is 34.3 Å². The summed E-state index contributed by atoms with van der Waals surface area (Å²) in [5.41, 5.74) is 5.84. The molecule has 11 heteroatoms. The molecule has 4 rings (SSSR count). The van der Waals surface area contributed by atoms with Crippen molar-refractivity contribution in [3.05, 3.63) is 40.3 Å². The highest BCUT2D eigenvalue weighted by atomic mass is 28.3. The smallest absolute Gasteiger partial charge is 0.387 e. The van der Waals surface area contributed by atoms with Crippen molar-refractivity contribution < 1.29 is 23.0 Å². The van der Waals surface area contributed by atoms with Crippen molar-refractivity contribution in [2.75, 3.05) is 6.61 Å². The predicted molar refractivity (Wildman–Crippen MR) is 164 cm³/mol. The maximum absolute atomic E-state index is 13.2. The van der Waals surface area contributed by atoms with Gasteiger partial charge in [-0.05, 0) is 55.2 Å². The van der Waals surface area contributed by atoms with Crippen molar-refractivity contribution in [2.45, 2.75) is 96.9 Å². The van der Waals surface area contributed by atoms with Crippen LogP contribution in [0.1, 0.15) is 39.2 Å². The minimum Gasteiger partial charge on any atom is -0.487 e. The molecular weight excluding hydrogens is 561 g/mol. The van der Waals surface area contributed by atoms with Crippen LogP contribution < -0.4 is 15.0 Å². The number of fused-ring (bicyclic) bond motifs is 1. The van der Waals surface area contributed by atoms with E-state index in [-0.39, 0.29) is 29.9 Å². The second-order valence-corrected chi connectivity index (χ2v) is 22.5. The van der Waals surface area contributed by atoms with Gasteiger partial charge in [-0.15, -0.1) is 5.54 Å². The maximum Gasteiger partial charge on any atom is 0.387 e. The Hall–Kier alpha value is -2.95. The van der Waals surface area contributed by atoms with Gasteiger partial charge in [0.2, 0.25) is 0 Å². The van der Waals surface area contributed by atoms with E-state index in [0.717, 1.165) is 37.0 Å². The van der Waals surface area contributed by atoms with Gasteiger partial charge in [-0.25, -0.2) is 5.10 Å². The summed E-state index contributed by atoms with van der Waals surface area (Å²) in [6, 6.07) is 8.94. The van der Waals surface area contributed by atoms with Gasteiger partial charge < -0.3 is 18.8 Å². The van der Waals surface area contributed by atoms with Gasteiger partial charge >= 0.3 is 6.61 Å². The lowest BCUT2D eigenvalue weighted by atomic mass is 10.1. The van der Waals surface area contributed by atoms with Gasteiger partial charge in [0.15, 0.2) is 11.5 Å². The summed E-state index contributed by atoms with van der Waals surface area (Å²) in [7, 11) is -3.20. The molecule has 1 aliphatic rings. The number of H-pyrrole nitrogens is 1. The van der Waals surface area contributed by atoms with Crippen LogP contribution in [0.4, 0.5) is 8.78 Å². The first-order chi connectivity index (χ1) is 19.5. The Bertz CT molecular complexity index is 1470. The quantitative estimate of drug-likeness (QED) is 0.127. The van der Waals surface area contributed by atoms with Gasteiger partial charge in [-0.1, -0.05) is 46.3 Å². The Morgan fingerprint density at radius 2 is 1.83 bits per heavy atom. The number of alkyl halides is 2. The van der Waals surface area contributed by atoms with Gasteiger partial charge in [0.05, 0.1) is 34.5 Å². The van der Waals surface area contributed by atoms with Gasteiger partial charge in [0, 0.05) is 20.2 Å². The fourth-order valence-corrected chi connectivity index (χ4v) is 7.99. The zero-order valence-corrected chi connectivity index (χ0v) is 26.9. The zero-order chi connectivity index (χ0) is 29.8. The van der Waals surface area contributed by atoms with Gasteiger partial charge in [-0.3, -0.25) is 4.79 Å². The lowest BCUT2D eigenvalue weighted by molar-refractivity contribution is -0.0516. The lowest BCUT2D eigenvalue weighted by Crippen LogP contribution is -2.29. The summed E-state index contributed by atoms with van der Waals surface area (Å²) in [6.07, 6.45) is 3.31. The normalized spacial score (nSPS) is 13.9. The molecule has 0 atom stereocenters. The fraction of sp³-hybridized carbons (Fsp3) is 0.533. The first-order valence-corrected chi connectivity index (χ1v) is 20.8. The standard InChI is InChI=1S/C30H41F2N3O4Si2/c1-7-41(8-2,9-3)16-14-23-27-24(19-33-34-29(27)36)35(20-37-15-17-40(4,5)6)28(23)21-10-13-25(39-30(31)32)26(18-21)38-22-11-12-22/h10,13,18-19,22,30H,7-9,11-12,15,17,20H2,1-6H3,(H,34,36). The van der Waals surface area contributed by atoms with Crippen LogP contribution in [0.25, 0.3) is 22.2 Å². The van der Waals surface area contributed by atoms with Gasteiger partial charge in [0.1, 0.15) is 14.8 Å². The lowest BCUT2D eigenvalue weighted by Gasteiger charge is -2.20. The molecule has 7 nitrogen and oxygen atoms in total. The van der Waals surface area contributed by atoms with E-state index in [1.165, 1.54) is 6.07 Å². The molecule has 41 heavy (non-hydrogen) atoms. The highest BCUT2D eigenvalue weighted by molar-refractivity contribution is 6.87. The highest BCUT2D eigenvalue weighted by Gasteiger charge is 2.28. The second kappa shape index (κ2) is 12.9. The van der Waals surface area contributed by atoms with E-state index in [4.69, 9.17) is 14.2 Å². The number of aromatic nitrogens is 3. The summed E-state index contributed by atoms with van der Waals surface area (Å²) in [4.78, 5) is 13.2. The Kier molecular flexibility index (Phi) is 9.77. The van der Waals surface area contributed by atoms with Crippen molar-refractivity contribution in [3.8, 4) is 34.2 Å². The van der Waals surface area contributed by atoms with Crippen molar-refractivity contribution >= 4 is 27.1 Å². The topological polar surface area (TPSA) is 78.4 Å². The first-order valence-electron chi connectivity index (χ1n) is 14.5. The summed E-state index contributed by atoms with van der Waals surface area (Å²) in [6.45, 7) is 11.2. The number of hydrogen-bond acceptors (Lipinski definition) is 5. The molecule has 0 saturated heterocycles. The van der Waals surface area contributed by atoms with E-state index >= 15 is 0 Å². The molecular formula is C30H41F2N3O4Si2. The molecule has 2 aromatic heterocycles. The Labute approximate surface area is 242 Å². The SMILES string of the molecule is CC[Si](C#Cc1c(-c2ccc(OC(F)F)c(OC3CC3)c2)n(COCC[Si](C)(C)C)c2cn[nH]c(=O)c12)(CC)CC. The zero-order valence-electron chi connectivity index (χ0n) is 24.9. The second-order valence-electron chi connectivity index (χ2n) is 11.9. The van der Waals surface area contributed by atoms with Crippen LogP contribution >= 0.6 is 0 Å². The minimum atomic E-state index is -2.98. The number of rotatable bonds is 13. The number of nitrogens with zero attached hydrogens (tertiary/aromatic N) is 2. The highest BCUT2D eigenvalue weighted by Crippen LogP contribution is 2.40. The van der Waals surface area contributed by atoms with Crippen molar-refractivity contribution in [1.82, 2.24) is 14.8 Å². The monoisotopic (exact) mass is 601 g/mol. The van der Waals surface area contributed by atoms with Gasteiger partial charge in [0.25, 0.3) is 5.56 Å². The molecule has 0 aliphatic heterocycles. The van der Waals surface area contributed by atoms with Crippen molar-refractivity contribution in [1.29, 1.82) is 0 Å². The molecule has 1 aliphatic carbocycles. The van der Waals surface area contributed by atoms with Gasteiger partial charge in [-0.2, -0.15) is 13.9 Å². The Morgan fingerprint density at radius 3 is 2.44 bits per heavy atom. The van der Waals surface area contributed by atoms with E-state index in [9.17, 15) is 13.6 Å². The summed E-state index contributed by atoms with van der Waals surface area (Å²) in [5, 5.41) is 7.10. The third kappa shape index (κ3) is 7.47. The number of ether oxygens (including phenoxy) is 3. The molecule has 1 aromatic carbocycles. The number of aromatic amines is 1. The van der Waals surface area contributed by atoms with E-state index in [1.54, 1.807) is 18.3 Å². The molecule has 1 saturated carbocycles. The van der Waals surface area contributed by atoms with Crippen LogP contribution in [-0.2, 0) is 11.5 Å². The van der Waals surface area contributed by atoms with E-state index in [1.807, 2.05) is 4.57 Å². The first kappa shape index (κ1) is 31.0. The fourth-order valence-electron chi connectivity index (χ4n) is 4.82. The Balaban J connectivity index is 1.94. The predicted octanol–water partition coefficient (Wildman–Crippen LogP) is 7.25. The van der Waals surface area contributed by atoms with Crippen LogP contribution in [0.15, 0.2) is 29.2 Å². The van der Waals surface area contributed by atoms with Crippen molar-refractivity contribution in [3.63, 3.8) is 0 Å². The molecule has 222 valence electrons. The van der Waals surface area contributed by atoms with Crippen LogP contribution in [0.5, 0.6) is 11.5 Å². The third-order valence-corrected chi connectivity index (χ3v) is 14.3. The Morgan fingerprint density at radius 1 is 1.12 bits per heavy atom. The molecule has 0 amide bonds. The largest absolute Gasteiger partial charge is 0.487 e. The number of benzene rings is 1. The average molecular weight is 602 g/mol. The molecule has 1 N–H and O–H groups in total. The van der Waals surface area contributed by atoms with Crippen LogP contribution in [0.3, 0.4) is 0 Å². The average Bonchev–Trinajstić information content (AvgIpc) is 3.68. The van der Waals surface area contributed by atoms with Crippen molar-refractivity contribution in [2.24, 2.45) is 0 Å². The summed E-state index contributed by atoms with van der Waals surface area (Å²) in [5.74, 6) is 3.67. The number of halogens is 2. The molecule has 0 radical (unpaired) electrons. The molecule has 2 heterocycles. The van der Waals surface area contributed by atoms with E-state index < -0.39 is 22.8 Å².